The van der Waals surface area contributed by atoms with Crippen molar-refractivity contribution in [2.45, 2.75) is 30.6 Å². The van der Waals surface area contributed by atoms with Crippen molar-refractivity contribution in [2.24, 2.45) is 0 Å². The molecule has 2 N–H and O–H groups in total. The van der Waals surface area contributed by atoms with E-state index in [1.165, 1.54) is 34.6 Å². The minimum atomic E-state index is -3.49. The zero-order valence-electron chi connectivity index (χ0n) is 17.1. The van der Waals surface area contributed by atoms with Crippen molar-refractivity contribution in [3.8, 4) is 0 Å². The van der Waals surface area contributed by atoms with Crippen molar-refractivity contribution in [1.82, 2.24) is 14.9 Å². The molecule has 0 radical (unpaired) electrons. The third-order valence-corrected chi connectivity index (χ3v) is 7.00. The smallest absolute Gasteiger partial charge is 0.254 e. The largest absolute Gasteiger partial charge is 0.354 e. The van der Waals surface area contributed by atoms with Gasteiger partial charge in [-0.3, -0.25) is 9.59 Å². The van der Waals surface area contributed by atoms with Gasteiger partial charge in [0.25, 0.3) is 5.91 Å². The number of hydrogen-bond donors (Lipinski definition) is 2. The number of carbonyl (C=O) groups is 2. The predicted molar refractivity (Wildman–Crippen MR) is 114 cm³/mol. The summed E-state index contributed by atoms with van der Waals surface area (Å²) in [5.74, 6) is -1.40. The summed E-state index contributed by atoms with van der Waals surface area (Å²) in [4.78, 5) is 24.2. The first-order valence-corrected chi connectivity index (χ1v) is 11.7. The lowest BCUT2D eigenvalue weighted by atomic mass is 10.1. The van der Waals surface area contributed by atoms with Crippen molar-refractivity contribution in [3.05, 3.63) is 65.5 Å². The molecule has 2 aromatic carbocycles. The maximum absolute atomic E-state index is 13.6. The molecule has 0 aromatic heterocycles. The summed E-state index contributed by atoms with van der Waals surface area (Å²) in [5.41, 5.74) is 0.638. The number of sulfonamides is 1. The molecule has 1 aliphatic heterocycles. The van der Waals surface area contributed by atoms with Crippen LogP contribution in [0.2, 0.25) is 0 Å². The van der Waals surface area contributed by atoms with Gasteiger partial charge in [0, 0.05) is 26.2 Å². The van der Waals surface area contributed by atoms with Crippen LogP contribution in [0.25, 0.3) is 0 Å². The summed E-state index contributed by atoms with van der Waals surface area (Å²) in [5, 5.41) is 5.22. The van der Waals surface area contributed by atoms with Crippen LogP contribution >= 0.6 is 0 Å². The molecule has 0 saturated carbocycles. The molecule has 3 rings (SSSR count). The highest BCUT2D eigenvalue weighted by Gasteiger charge is 2.25. The fourth-order valence-corrected chi connectivity index (χ4v) is 4.92. The Labute approximate surface area is 181 Å². The molecule has 2 amide bonds. The number of carbonyl (C=O) groups excluding carboxylic acids is 2. The molecule has 0 aliphatic carbocycles. The first-order valence-electron chi connectivity index (χ1n) is 10.3. The number of halogens is 1. The number of nitrogens with one attached hydrogen (secondary N) is 2. The number of amides is 2. The maximum atomic E-state index is 13.6. The Hall–Kier alpha value is -2.78. The Kier molecular flexibility index (Phi) is 7.75. The van der Waals surface area contributed by atoms with Gasteiger partial charge in [-0.15, -0.1) is 0 Å². The van der Waals surface area contributed by atoms with Crippen molar-refractivity contribution >= 4 is 21.8 Å². The number of hydrogen-bond acceptors (Lipinski definition) is 4. The van der Waals surface area contributed by atoms with Crippen LogP contribution < -0.4 is 10.6 Å². The van der Waals surface area contributed by atoms with Gasteiger partial charge in [-0.1, -0.05) is 30.7 Å². The van der Waals surface area contributed by atoms with Crippen LogP contribution in [0.1, 0.15) is 35.2 Å². The molecule has 0 atom stereocenters. The van der Waals surface area contributed by atoms with Crippen molar-refractivity contribution < 1.29 is 22.4 Å². The molecule has 1 aliphatic rings. The summed E-state index contributed by atoms with van der Waals surface area (Å²) in [6.45, 7) is 1.44. The molecule has 9 heteroatoms. The zero-order chi connectivity index (χ0) is 22.3. The summed E-state index contributed by atoms with van der Waals surface area (Å²) in [6.07, 6.45) is 2.88. The third kappa shape index (κ3) is 6.11. The predicted octanol–water partition coefficient (Wildman–Crippen LogP) is 2.09. The molecule has 7 nitrogen and oxygen atoms in total. The molecule has 0 unspecified atom stereocenters. The van der Waals surface area contributed by atoms with Crippen molar-refractivity contribution in [1.29, 1.82) is 0 Å². The number of benzene rings is 2. The van der Waals surface area contributed by atoms with Gasteiger partial charge in [-0.2, -0.15) is 4.31 Å². The number of rotatable bonds is 8. The summed E-state index contributed by atoms with van der Waals surface area (Å²) < 4.78 is 40.4. The van der Waals surface area contributed by atoms with Crippen LogP contribution in [0.4, 0.5) is 4.39 Å². The van der Waals surface area contributed by atoms with Gasteiger partial charge in [0.05, 0.1) is 16.9 Å². The molecule has 1 heterocycles. The highest BCUT2D eigenvalue weighted by molar-refractivity contribution is 7.89. The van der Waals surface area contributed by atoms with E-state index in [1.807, 2.05) is 0 Å². The topological polar surface area (TPSA) is 95.6 Å². The fourth-order valence-electron chi connectivity index (χ4n) is 3.40. The second-order valence-electron chi connectivity index (χ2n) is 7.37. The standard InChI is InChI=1S/C22H26FN3O4S/c23-20-7-3-2-6-19(20)22(28)25-13-12-24-21(27)16-17-8-10-18(11-9-17)31(29,30)26-14-4-1-5-15-26/h2-3,6-11H,1,4-5,12-16H2,(H,24,27)(H,25,28). The van der Waals surface area contributed by atoms with E-state index < -0.39 is 21.7 Å². The van der Waals surface area contributed by atoms with Crippen LogP contribution in [-0.4, -0.2) is 50.7 Å². The van der Waals surface area contributed by atoms with Crippen LogP contribution in [-0.2, 0) is 21.2 Å². The van der Waals surface area contributed by atoms with Gasteiger partial charge in [-0.05, 0) is 42.7 Å². The summed E-state index contributed by atoms with van der Waals surface area (Å²) in [7, 11) is -3.49. The number of piperidine rings is 1. The van der Waals surface area contributed by atoms with E-state index in [-0.39, 0.29) is 35.9 Å². The maximum Gasteiger partial charge on any atom is 0.254 e. The van der Waals surface area contributed by atoms with Gasteiger partial charge in [0.2, 0.25) is 15.9 Å². The van der Waals surface area contributed by atoms with Gasteiger partial charge >= 0.3 is 0 Å². The second-order valence-corrected chi connectivity index (χ2v) is 9.31. The van der Waals surface area contributed by atoms with Crippen molar-refractivity contribution in [2.75, 3.05) is 26.2 Å². The molecule has 0 bridgehead atoms. The van der Waals surface area contributed by atoms with Gasteiger partial charge in [-0.25, -0.2) is 12.8 Å². The minimum absolute atomic E-state index is 0.0478. The van der Waals surface area contributed by atoms with E-state index in [0.717, 1.165) is 19.3 Å². The first-order chi connectivity index (χ1) is 14.9. The summed E-state index contributed by atoms with van der Waals surface area (Å²) in [6, 6.07) is 12.0. The lowest BCUT2D eigenvalue weighted by molar-refractivity contribution is -0.120. The Morgan fingerprint density at radius 2 is 1.55 bits per heavy atom. The van der Waals surface area contributed by atoms with E-state index in [0.29, 0.717) is 18.7 Å². The van der Waals surface area contributed by atoms with E-state index >= 15 is 0 Å². The first kappa shape index (κ1) is 22.9. The lowest BCUT2D eigenvalue weighted by Crippen LogP contribution is -2.36. The molecular formula is C22H26FN3O4S. The van der Waals surface area contributed by atoms with Gasteiger partial charge in [0.15, 0.2) is 0 Å². The number of nitrogens with zero attached hydrogens (tertiary/aromatic N) is 1. The second kappa shape index (κ2) is 10.5. The molecule has 166 valence electrons. The Morgan fingerprint density at radius 3 is 2.23 bits per heavy atom. The highest BCUT2D eigenvalue weighted by Crippen LogP contribution is 2.21. The van der Waals surface area contributed by atoms with Crippen LogP contribution in [0.3, 0.4) is 0 Å². The quantitative estimate of drug-likeness (QED) is 0.606. The minimum Gasteiger partial charge on any atom is -0.354 e. The average molecular weight is 448 g/mol. The molecule has 31 heavy (non-hydrogen) atoms. The van der Waals surface area contributed by atoms with Gasteiger partial charge in [0.1, 0.15) is 5.82 Å². The molecule has 2 aromatic rings. The third-order valence-electron chi connectivity index (χ3n) is 5.09. The highest BCUT2D eigenvalue weighted by atomic mass is 32.2. The Balaban J connectivity index is 1.44. The zero-order valence-corrected chi connectivity index (χ0v) is 18.0. The lowest BCUT2D eigenvalue weighted by Gasteiger charge is -2.25. The monoisotopic (exact) mass is 447 g/mol. The van der Waals surface area contributed by atoms with Crippen molar-refractivity contribution in [3.63, 3.8) is 0 Å². The van der Waals surface area contributed by atoms with E-state index in [9.17, 15) is 22.4 Å². The summed E-state index contributed by atoms with van der Waals surface area (Å²) >= 11 is 0. The van der Waals surface area contributed by atoms with E-state index in [4.69, 9.17) is 0 Å². The fraction of sp³-hybridized carbons (Fsp3) is 0.364. The van der Waals surface area contributed by atoms with E-state index in [2.05, 4.69) is 10.6 Å². The Bertz CT molecular complexity index is 1020. The Morgan fingerprint density at radius 1 is 0.903 bits per heavy atom. The molecule has 0 spiro atoms. The SMILES string of the molecule is O=C(Cc1ccc(S(=O)(=O)N2CCCCC2)cc1)NCCNC(=O)c1ccccc1F. The van der Waals surface area contributed by atoms with Gasteiger partial charge < -0.3 is 10.6 Å². The average Bonchev–Trinajstić information content (AvgIpc) is 2.78. The van der Waals surface area contributed by atoms with Crippen LogP contribution in [0, 0.1) is 5.82 Å². The van der Waals surface area contributed by atoms with Crippen LogP contribution in [0.15, 0.2) is 53.4 Å². The normalized spacial score (nSPS) is 14.7. The molecular weight excluding hydrogens is 421 g/mol. The van der Waals surface area contributed by atoms with E-state index in [1.54, 1.807) is 18.2 Å². The van der Waals surface area contributed by atoms with Crippen LogP contribution in [0.5, 0.6) is 0 Å². The molecule has 1 saturated heterocycles. The molecule has 1 fully saturated rings.